The second-order valence-corrected chi connectivity index (χ2v) is 9.63. The summed E-state index contributed by atoms with van der Waals surface area (Å²) in [4.78, 5) is 15.2. The molecule has 2 heterocycles. The van der Waals surface area contributed by atoms with Gasteiger partial charge < -0.3 is 10.2 Å². The summed E-state index contributed by atoms with van der Waals surface area (Å²) < 4.78 is 27.7. The van der Waals surface area contributed by atoms with E-state index in [0.717, 1.165) is 57.4 Å². The van der Waals surface area contributed by atoms with Crippen molar-refractivity contribution < 1.29 is 13.2 Å². The Hall–Kier alpha value is -1.15. The zero-order chi connectivity index (χ0) is 18.3. The Labute approximate surface area is 167 Å². The molecule has 2 N–H and O–H groups in total. The molecular weight excluding hydrogens is 386 g/mol. The van der Waals surface area contributed by atoms with Crippen LogP contribution in [0, 0.1) is 18.8 Å². The minimum Gasteiger partial charge on any atom is -0.339 e. The largest absolute Gasteiger partial charge is 0.339 e. The van der Waals surface area contributed by atoms with Crippen LogP contribution in [-0.2, 0) is 10.0 Å². The standard InChI is InChI=1S/C19H27N3O3S.ClH/c1-13-2-5-17(26(24,25)21-16-3-4-16)10-18(13)19(23)22-8-6-14-11-20-12-15(14)7-9-22;/h2,5,10,14-16,20-21H,3-4,6-9,11-12H2,1H3;1H/t14-,15+;. The third kappa shape index (κ3) is 4.47. The zero-order valence-corrected chi connectivity index (χ0v) is 17.2. The number of benzene rings is 1. The molecule has 6 nitrogen and oxygen atoms in total. The van der Waals surface area contributed by atoms with Crippen LogP contribution < -0.4 is 10.0 Å². The summed E-state index contributed by atoms with van der Waals surface area (Å²) in [6.45, 7) is 5.46. The lowest BCUT2D eigenvalue weighted by Crippen LogP contribution is -2.33. The van der Waals surface area contributed by atoms with Crippen LogP contribution in [0.15, 0.2) is 23.1 Å². The fraction of sp³-hybridized carbons (Fsp3) is 0.632. The van der Waals surface area contributed by atoms with Crippen molar-refractivity contribution in [3.8, 4) is 0 Å². The van der Waals surface area contributed by atoms with Crippen molar-refractivity contribution >= 4 is 28.3 Å². The Kier molecular flexibility index (Phi) is 6.15. The van der Waals surface area contributed by atoms with Crippen LogP contribution in [0.4, 0.5) is 0 Å². The van der Waals surface area contributed by atoms with Crippen LogP contribution in [0.3, 0.4) is 0 Å². The van der Waals surface area contributed by atoms with Crippen molar-refractivity contribution in [2.45, 2.75) is 43.5 Å². The molecule has 0 aromatic heterocycles. The number of hydrogen-bond acceptors (Lipinski definition) is 4. The van der Waals surface area contributed by atoms with Gasteiger partial charge in [-0.1, -0.05) is 6.07 Å². The van der Waals surface area contributed by atoms with Crippen LogP contribution in [0.2, 0.25) is 0 Å². The first-order valence-corrected chi connectivity index (χ1v) is 11.1. The van der Waals surface area contributed by atoms with E-state index in [-0.39, 0.29) is 29.3 Å². The predicted molar refractivity (Wildman–Crippen MR) is 107 cm³/mol. The highest BCUT2D eigenvalue weighted by Gasteiger charge is 2.33. The molecule has 0 radical (unpaired) electrons. The van der Waals surface area contributed by atoms with Gasteiger partial charge in [-0.2, -0.15) is 0 Å². The number of carbonyl (C=O) groups is 1. The van der Waals surface area contributed by atoms with E-state index in [1.165, 1.54) is 0 Å². The molecule has 2 saturated heterocycles. The van der Waals surface area contributed by atoms with Gasteiger partial charge in [0.2, 0.25) is 10.0 Å². The van der Waals surface area contributed by atoms with E-state index in [2.05, 4.69) is 10.0 Å². The van der Waals surface area contributed by atoms with Gasteiger partial charge in [0.05, 0.1) is 4.90 Å². The van der Waals surface area contributed by atoms with Gasteiger partial charge in [0.1, 0.15) is 0 Å². The van der Waals surface area contributed by atoms with Crippen LogP contribution in [0.25, 0.3) is 0 Å². The highest BCUT2D eigenvalue weighted by molar-refractivity contribution is 7.89. The molecule has 3 fully saturated rings. The van der Waals surface area contributed by atoms with Crippen molar-refractivity contribution in [3.63, 3.8) is 0 Å². The van der Waals surface area contributed by atoms with Gasteiger partial charge in [0.15, 0.2) is 0 Å². The number of nitrogens with one attached hydrogen (secondary N) is 2. The normalized spacial score (nSPS) is 25.4. The number of amides is 1. The minimum absolute atomic E-state index is 0. The summed E-state index contributed by atoms with van der Waals surface area (Å²) in [7, 11) is -3.55. The molecule has 150 valence electrons. The number of rotatable bonds is 4. The summed E-state index contributed by atoms with van der Waals surface area (Å²) in [6.07, 6.45) is 3.82. The second kappa shape index (κ2) is 8.07. The summed E-state index contributed by atoms with van der Waals surface area (Å²) in [6, 6.07) is 4.94. The molecule has 2 aliphatic heterocycles. The number of aryl methyl sites for hydroxylation is 1. The van der Waals surface area contributed by atoms with Crippen LogP contribution in [-0.4, -0.2) is 51.4 Å². The average Bonchev–Trinajstić information content (AvgIpc) is 3.34. The maximum absolute atomic E-state index is 13.1. The quantitative estimate of drug-likeness (QED) is 0.790. The highest BCUT2D eigenvalue weighted by Crippen LogP contribution is 2.28. The molecule has 1 saturated carbocycles. The van der Waals surface area contributed by atoms with E-state index in [9.17, 15) is 13.2 Å². The maximum atomic E-state index is 13.1. The van der Waals surface area contributed by atoms with Gasteiger partial charge in [0.25, 0.3) is 5.91 Å². The third-order valence-corrected chi connectivity index (χ3v) is 7.47. The molecule has 1 aromatic rings. The van der Waals surface area contributed by atoms with E-state index >= 15 is 0 Å². The molecule has 1 amide bonds. The van der Waals surface area contributed by atoms with Crippen LogP contribution >= 0.6 is 12.4 Å². The molecule has 8 heteroatoms. The van der Waals surface area contributed by atoms with Gasteiger partial charge in [0, 0.05) is 24.7 Å². The average molecular weight is 414 g/mol. The number of likely N-dealkylation sites (tertiary alicyclic amines) is 1. The zero-order valence-electron chi connectivity index (χ0n) is 15.6. The van der Waals surface area contributed by atoms with Gasteiger partial charge >= 0.3 is 0 Å². The molecule has 4 rings (SSSR count). The lowest BCUT2D eigenvalue weighted by Gasteiger charge is -2.22. The summed E-state index contributed by atoms with van der Waals surface area (Å²) in [5.74, 6) is 1.27. The molecule has 2 atom stereocenters. The SMILES string of the molecule is Cc1ccc(S(=O)(=O)NC2CC2)cc1C(=O)N1CC[C@@H]2CNC[C@@H]2CC1.Cl. The van der Waals surface area contributed by atoms with Crippen molar-refractivity contribution in [1.82, 2.24) is 14.9 Å². The van der Waals surface area contributed by atoms with E-state index in [1.54, 1.807) is 18.2 Å². The molecule has 0 spiro atoms. The van der Waals surface area contributed by atoms with E-state index in [1.807, 2.05) is 11.8 Å². The topological polar surface area (TPSA) is 78.5 Å². The van der Waals surface area contributed by atoms with Crippen LogP contribution in [0.5, 0.6) is 0 Å². The van der Waals surface area contributed by atoms with Gasteiger partial charge in [-0.3, -0.25) is 4.79 Å². The fourth-order valence-corrected chi connectivity index (χ4v) is 5.41. The van der Waals surface area contributed by atoms with Crippen LogP contribution in [0.1, 0.15) is 41.6 Å². The number of sulfonamides is 1. The Bertz CT molecular complexity index is 796. The van der Waals surface area contributed by atoms with Gasteiger partial charge in [-0.05, 0) is 75.2 Å². The number of fused-ring (bicyclic) bond motifs is 1. The smallest absolute Gasteiger partial charge is 0.254 e. The molecule has 0 unspecified atom stereocenters. The number of carbonyl (C=O) groups excluding carboxylic acids is 1. The third-order valence-electron chi connectivity index (χ3n) is 5.96. The van der Waals surface area contributed by atoms with Crippen molar-refractivity contribution in [3.05, 3.63) is 29.3 Å². The molecule has 0 bridgehead atoms. The summed E-state index contributed by atoms with van der Waals surface area (Å²) in [5.41, 5.74) is 1.33. The monoisotopic (exact) mass is 413 g/mol. The lowest BCUT2D eigenvalue weighted by molar-refractivity contribution is 0.0757. The molecule has 3 aliphatic rings. The van der Waals surface area contributed by atoms with Gasteiger partial charge in [-0.25, -0.2) is 13.1 Å². The Morgan fingerprint density at radius 2 is 1.74 bits per heavy atom. The second-order valence-electron chi connectivity index (χ2n) is 7.92. The maximum Gasteiger partial charge on any atom is 0.254 e. The number of hydrogen-bond donors (Lipinski definition) is 2. The Morgan fingerprint density at radius 1 is 1.11 bits per heavy atom. The first kappa shape index (κ1) is 20.6. The first-order valence-electron chi connectivity index (χ1n) is 9.57. The number of nitrogens with zero attached hydrogens (tertiary/aromatic N) is 1. The highest BCUT2D eigenvalue weighted by atomic mass is 35.5. The summed E-state index contributed by atoms with van der Waals surface area (Å²) >= 11 is 0. The molecule has 1 aliphatic carbocycles. The van der Waals surface area contributed by atoms with Crippen molar-refractivity contribution in [2.75, 3.05) is 26.2 Å². The molecule has 27 heavy (non-hydrogen) atoms. The van der Waals surface area contributed by atoms with Gasteiger partial charge in [-0.15, -0.1) is 12.4 Å². The first-order chi connectivity index (χ1) is 12.4. The van der Waals surface area contributed by atoms with E-state index in [4.69, 9.17) is 0 Å². The van der Waals surface area contributed by atoms with E-state index < -0.39 is 10.0 Å². The van der Waals surface area contributed by atoms with Crippen molar-refractivity contribution in [2.24, 2.45) is 11.8 Å². The number of halogens is 1. The van der Waals surface area contributed by atoms with Crippen molar-refractivity contribution in [1.29, 1.82) is 0 Å². The minimum atomic E-state index is -3.55. The lowest BCUT2D eigenvalue weighted by atomic mass is 9.92. The molecular formula is C19H28ClN3O3S. The Morgan fingerprint density at radius 3 is 2.33 bits per heavy atom. The predicted octanol–water partition coefficient (Wildman–Crippen LogP) is 1.93. The van der Waals surface area contributed by atoms with E-state index in [0.29, 0.717) is 17.4 Å². The summed E-state index contributed by atoms with van der Waals surface area (Å²) in [5, 5.41) is 3.44. The Balaban J connectivity index is 0.00000210. The fourth-order valence-electron chi connectivity index (χ4n) is 4.08. The molecule has 1 aromatic carbocycles.